The maximum absolute atomic E-state index is 12.7. The van der Waals surface area contributed by atoms with Crippen LogP contribution in [0.15, 0.2) is 45.9 Å². The molecule has 3 heterocycles. The van der Waals surface area contributed by atoms with Gasteiger partial charge in [0, 0.05) is 10.5 Å². The van der Waals surface area contributed by atoms with Crippen molar-refractivity contribution in [3.8, 4) is 0 Å². The van der Waals surface area contributed by atoms with Crippen LogP contribution in [0.2, 0.25) is 0 Å². The first-order valence-corrected chi connectivity index (χ1v) is 10.4. The van der Waals surface area contributed by atoms with Crippen LogP contribution in [0, 0.1) is 0 Å². The fourth-order valence-electron chi connectivity index (χ4n) is 3.81. The molecule has 1 aromatic carbocycles. The summed E-state index contributed by atoms with van der Waals surface area (Å²) in [6.07, 6.45) is 5.39. The van der Waals surface area contributed by atoms with Gasteiger partial charge in [-0.2, -0.15) is 0 Å². The zero-order valence-corrected chi connectivity index (χ0v) is 15.9. The third-order valence-electron chi connectivity index (χ3n) is 5.22. The molecule has 4 rings (SSSR count). The summed E-state index contributed by atoms with van der Waals surface area (Å²) in [6, 6.07) is 9.48. The molecule has 0 radical (unpaired) electrons. The second-order valence-corrected chi connectivity index (χ2v) is 8.06. The van der Waals surface area contributed by atoms with E-state index < -0.39 is 0 Å². The zero-order valence-electron chi connectivity index (χ0n) is 15.1. The third-order valence-corrected chi connectivity index (χ3v) is 6.29. The molecule has 142 valence electrons. The van der Waals surface area contributed by atoms with Gasteiger partial charge in [-0.25, -0.2) is 0 Å². The Bertz CT molecular complexity index is 816. The van der Waals surface area contributed by atoms with Gasteiger partial charge in [0.25, 0.3) is 5.91 Å². The first-order valence-electron chi connectivity index (χ1n) is 9.43. The molecular formula is C20H24N3O3S+. The van der Waals surface area contributed by atoms with Crippen molar-refractivity contribution >= 4 is 29.3 Å². The average molecular weight is 386 g/mol. The van der Waals surface area contributed by atoms with Gasteiger partial charge >= 0.3 is 0 Å². The molecule has 1 aromatic heterocycles. The van der Waals surface area contributed by atoms with E-state index in [0.29, 0.717) is 23.5 Å². The molecular weight excluding hydrogens is 362 g/mol. The van der Waals surface area contributed by atoms with Crippen LogP contribution in [0.25, 0.3) is 0 Å². The van der Waals surface area contributed by atoms with Crippen molar-refractivity contribution in [2.75, 3.05) is 30.7 Å². The van der Waals surface area contributed by atoms with Gasteiger partial charge in [0.05, 0.1) is 37.3 Å². The summed E-state index contributed by atoms with van der Waals surface area (Å²) in [4.78, 5) is 26.7. The molecule has 0 saturated carbocycles. The molecule has 2 aliphatic rings. The minimum atomic E-state index is -0.129. The Morgan fingerprint density at radius 1 is 1.26 bits per heavy atom. The molecule has 2 aromatic rings. The number of quaternary nitrogens is 1. The molecule has 1 fully saturated rings. The monoisotopic (exact) mass is 386 g/mol. The first kappa shape index (κ1) is 18.1. The molecule has 3 N–H and O–H groups in total. The standard InChI is InChI=1S/C20H23N3O3S/c24-19-13-27-18-7-6-14(11-15(18)22-19)20(25)21-12-16(17-5-4-10-26-17)23-8-2-1-3-9-23/h4-7,10-11,16H,1-3,8-9,12-13H2,(H,21,25)(H,22,24)/p+1/t16-/m0/s1. The van der Waals surface area contributed by atoms with Gasteiger partial charge < -0.3 is 20.0 Å². The molecule has 0 spiro atoms. The number of nitrogens with one attached hydrogen (secondary N) is 3. The summed E-state index contributed by atoms with van der Waals surface area (Å²) in [7, 11) is 0. The Labute approximate surface area is 162 Å². The van der Waals surface area contributed by atoms with Crippen LogP contribution in [-0.2, 0) is 4.79 Å². The zero-order chi connectivity index (χ0) is 18.6. The SMILES string of the molecule is O=C1CSc2ccc(C(=O)NC[C@@H](c3ccco3)[NH+]3CCCCC3)cc2N1. The summed E-state index contributed by atoms with van der Waals surface area (Å²) in [5.74, 6) is 1.18. The Hall–Kier alpha value is -2.25. The van der Waals surface area contributed by atoms with Crippen LogP contribution in [0.3, 0.4) is 0 Å². The van der Waals surface area contributed by atoms with E-state index in [1.807, 2.05) is 24.3 Å². The molecule has 1 saturated heterocycles. The largest absolute Gasteiger partial charge is 0.463 e. The van der Waals surface area contributed by atoms with Crippen LogP contribution < -0.4 is 15.5 Å². The highest BCUT2D eigenvalue weighted by Gasteiger charge is 2.29. The number of amides is 2. The summed E-state index contributed by atoms with van der Waals surface area (Å²) in [5.41, 5.74) is 1.27. The fourth-order valence-corrected chi connectivity index (χ4v) is 4.60. The number of hydrogen-bond acceptors (Lipinski definition) is 4. The van der Waals surface area contributed by atoms with Gasteiger partial charge in [-0.05, 0) is 49.6 Å². The fraction of sp³-hybridized carbons (Fsp3) is 0.400. The van der Waals surface area contributed by atoms with Gasteiger partial charge in [-0.1, -0.05) is 0 Å². The van der Waals surface area contributed by atoms with E-state index in [0.717, 1.165) is 23.7 Å². The number of rotatable bonds is 5. The van der Waals surface area contributed by atoms with Crippen molar-refractivity contribution in [1.82, 2.24) is 5.32 Å². The van der Waals surface area contributed by atoms with Crippen molar-refractivity contribution < 1.29 is 18.9 Å². The molecule has 0 bridgehead atoms. The predicted molar refractivity (Wildman–Crippen MR) is 104 cm³/mol. The summed E-state index contributed by atoms with van der Waals surface area (Å²) < 4.78 is 5.65. The molecule has 2 aliphatic heterocycles. The van der Waals surface area contributed by atoms with Crippen LogP contribution in [0.5, 0.6) is 0 Å². The van der Waals surface area contributed by atoms with E-state index >= 15 is 0 Å². The number of carbonyl (C=O) groups is 2. The van der Waals surface area contributed by atoms with Crippen molar-refractivity contribution in [3.63, 3.8) is 0 Å². The van der Waals surface area contributed by atoms with E-state index in [2.05, 4.69) is 10.6 Å². The molecule has 6 nitrogen and oxygen atoms in total. The number of piperidine rings is 1. The van der Waals surface area contributed by atoms with Gasteiger partial charge in [-0.3, -0.25) is 9.59 Å². The Morgan fingerprint density at radius 2 is 2.11 bits per heavy atom. The molecule has 1 atom stereocenters. The number of hydrogen-bond donors (Lipinski definition) is 3. The molecule has 2 amide bonds. The number of benzene rings is 1. The van der Waals surface area contributed by atoms with Crippen LogP contribution in [0.1, 0.15) is 41.4 Å². The number of thioether (sulfide) groups is 1. The van der Waals surface area contributed by atoms with Crippen LogP contribution in [-0.4, -0.2) is 37.2 Å². The smallest absolute Gasteiger partial charge is 0.251 e. The molecule has 7 heteroatoms. The summed E-state index contributed by atoms with van der Waals surface area (Å²) in [6.45, 7) is 2.73. The minimum absolute atomic E-state index is 0.0309. The summed E-state index contributed by atoms with van der Waals surface area (Å²) >= 11 is 1.49. The lowest BCUT2D eigenvalue weighted by Gasteiger charge is -2.30. The summed E-state index contributed by atoms with van der Waals surface area (Å²) in [5, 5.41) is 5.90. The number of carbonyl (C=O) groups excluding carboxylic acids is 2. The van der Waals surface area contributed by atoms with Gasteiger partial charge in [0.2, 0.25) is 5.91 Å². The maximum Gasteiger partial charge on any atom is 0.251 e. The average Bonchev–Trinajstić information content (AvgIpc) is 3.22. The number of furan rings is 1. The van der Waals surface area contributed by atoms with E-state index in [-0.39, 0.29) is 17.9 Å². The Kier molecular flexibility index (Phi) is 5.50. The van der Waals surface area contributed by atoms with E-state index in [9.17, 15) is 9.59 Å². The third kappa shape index (κ3) is 4.20. The number of anilines is 1. The van der Waals surface area contributed by atoms with Gasteiger partial charge in [0.15, 0.2) is 11.8 Å². The second-order valence-electron chi connectivity index (χ2n) is 7.04. The number of fused-ring (bicyclic) bond motifs is 1. The Morgan fingerprint density at radius 3 is 2.89 bits per heavy atom. The van der Waals surface area contributed by atoms with Crippen molar-refractivity contribution in [1.29, 1.82) is 0 Å². The Balaban J connectivity index is 1.45. The lowest BCUT2D eigenvalue weighted by Crippen LogP contribution is -3.13. The minimum Gasteiger partial charge on any atom is -0.463 e. The van der Waals surface area contributed by atoms with Crippen molar-refractivity contribution in [3.05, 3.63) is 47.9 Å². The first-order chi connectivity index (χ1) is 13.2. The molecule has 27 heavy (non-hydrogen) atoms. The molecule has 0 unspecified atom stereocenters. The predicted octanol–water partition coefficient (Wildman–Crippen LogP) is 1.86. The maximum atomic E-state index is 12.7. The second kappa shape index (κ2) is 8.19. The van der Waals surface area contributed by atoms with Gasteiger partial charge in [0.1, 0.15) is 0 Å². The van der Waals surface area contributed by atoms with Crippen LogP contribution in [0.4, 0.5) is 5.69 Å². The van der Waals surface area contributed by atoms with E-state index in [4.69, 9.17) is 4.42 Å². The van der Waals surface area contributed by atoms with Crippen LogP contribution >= 0.6 is 11.8 Å². The highest BCUT2D eigenvalue weighted by molar-refractivity contribution is 8.00. The topological polar surface area (TPSA) is 75.8 Å². The van der Waals surface area contributed by atoms with Crippen molar-refractivity contribution in [2.24, 2.45) is 0 Å². The lowest BCUT2D eigenvalue weighted by atomic mass is 10.1. The lowest BCUT2D eigenvalue weighted by molar-refractivity contribution is -0.936. The van der Waals surface area contributed by atoms with Crippen molar-refractivity contribution in [2.45, 2.75) is 30.2 Å². The van der Waals surface area contributed by atoms with E-state index in [1.54, 1.807) is 12.3 Å². The van der Waals surface area contributed by atoms with E-state index in [1.165, 1.54) is 35.9 Å². The highest BCUT2D eigenvalue weighted by atomic mass is 32.2. The normalized spacial score (nSPS) is 18.4. The quantitative estimate of drug-likeness (QED) is 0.733. The highest BCUT2D eigenvalue weighted by Crippen LogP contribution is 2.31. The van der Waals surface area contributed by atoms with Gasteiger partial charge in [-0.15, -0.1) is 11.8 Å². The number of likely N-dealkylation sites (tertiary alicyclic amines) is 1. The molecule has 0 aliphatic carbocycles.